The molecule has 5 nitrogen and oxygen atoms in total. The smallest absolute Gasteiger partial charge is 0.224 e. The van der Waals surface area contributed by atoms with Crippen molar-refractivity contribution in [2.45, 2.75) is 18.9 Å². The van der Waals surface area contributed by atoms with Crippen molar-refractivity contribution in [3.05, 3.63) is 53.3 Å². The maximum Gasteiger partial charge on any atom is 0.224 e. The summed E-state index contributed by atoms with van der Waals surface area (Å²) in [4.78, 5) is 12.4. The third-order valence-electron chi connectivity index (χ3n) is 4.62. The van der Waals surface area contributed by atoms with Gasteiger partial charge in [0.15, 0.2) is 11.5 Å². The van der Waals surface area contributed by atoms with Crippen LogP contribution in [0.4, 0.5) is 4.39 Å². The van der Waals surface area contributed by atoms with Crippen molar-refractivity contribution >= 4 is 5.91 Å². The minimum absolute atomic E-state index is 0.00641. The summed E-state index contributed by atoms with van der Waals surface area (Å²) < 4.78 is 28.9. The maximum atomic E-state index is 13.0. The summed E-state index contributed by atoms with van der Waals surface area (Å²) in [6.45, 7) is 0.363. The van der Waals surface area contributed by atoms with Crippen LogP contribution in [0.1, 0.15) is 23.5 Å². The van der Waals surface area contributed by atoms with Crippen molar-refractivity contribution in [1.82, 2.24) is 5.32 Å². The molecule has 2 aromatic rings. The molecule has 2 atom stereocenters. The molecule has 1 N–H and O–H groups in total. The molecule has 6 heteroatoms. The van der Waals surface area contributed by atoms with E-state index >= 15 is 0 Å². The van der Waals surface area contributed by atoms with Gasteiger partial charge in [0.25, 0.3) is 0 Å². The molecule has 0 spiro atoms. The number of carbonyl (C=O) groups is 1. The normalized spacial score (nSPS) is 18.2. The van der Waals surface area contributed by atoms with Crippen LogP contribution in [0, 0.1) is 11.7 Å². The van der Waals surface area contributed by atoms with Crippen molar-refractivity contribution in [2.24, 2.45) is 5.92 Å². The topological polar surface area (TPSA) is 56.8 Å². The van der Waals surface area contributed by atoms with Crippen molar-refractivity contribution in [3.63, 3.8) is 0 Å². The van der Waals surface area contributed by atoms with Gasteiger partial charge in [-0.05, 0) is 47.7 Å². The standard InChI is InChI=1S/C20H22FNO4/c1-24-17-8-12(9-18(25-2)19(17)26-3)11-22-20(23)16-10-15(16)13-4-6-14(21)7-5-13/h4-9,15-16H,10-11H2,1-3H3,(H,22,23). The first kappa shape index (κ1) is 18.0. The highest BCUT2D eigenvalue weighted by molar-refractivity contribution is 5.82. The van der Waals surface area contributed by atoms with E-state index < -0.39 is 0 Å². The fourth-order valence-electron chi connectivity index (χ4n) is 3.12. The fourth-order valence-corrected chi connectivity index (χ4v) is 3.12. The highest BCUT2D eigenvalue weighted by Gasteiger charge is 2.43. The number of rotatable bonds is 7. The molecule has 1 saturated carbocycles. The molecule has 0 radical (unpaired) electrons. The van der Waals surface area contributed by atoms with E-state index in [2.05, 4.69) is 5.32 Å². The largest absolute Gasteiger partial charge is 0.493 e. The molecule has 2 aromatic carbocycles. The minimum atomic E-state index is -0.266. The van der Waals surface area contributed by atoms with Gasteiger partial charge in [-0.25, -0.2) is 4.39 Å². The summed E-state index contributed by atoms with van der Waals surface area (Å²) in [5.74, 6) is 1.44. The Morgan fingerprint density at radius 2 is 1.69 bits per heavy atom. The van der Waals surface area contributed by atoms with Crippen molar-refractivity contribution in [3.8, 4) is 17.2 Å². The second-order valence-corrected chi connectivity index (χ2v) is 6.25. The Bertz CT molecular complexity index is 766. The number of nitrogens with one attached hydrogen (secondary N) is 1. The van der Waals surface area contributed by atoms with Crippen LogP contribution < -0.4 is 19.5 Å². The first-order valence-electron chi connectivity index (χ1n) is 8.39. The quantitative estimate of drug-likeness (QED) is 0.824. The zero-order chi connectivity index (χ0) is 18.7. The lowest BCUT2D eigenvalue weighted by Gasteiger charge is -2.14. The number of hydrogen-bond acceptors (Lipinski definition) is 4. The summed E-state index contributed by atoms with van der Waals surface area (Å²) in [5.41, 5.74) is 1.85. The van der Waals surface area contributed by atoms with Crippen LogP contribution in [0.5, 0.6) is 17.2 Å². The van der Waals surface area contributed by atoms with Crippen LogP contribution in [0.25, 0.3) is 0 Å². The summed E-state index contributed by atoms with van der Waals surface area (Å²) in [6, 6.07) is 9.97. The van der Waals surface area contributed by atoms with Crippen LogP contribution in [0.3, 0.4) is 0 Å². The molecule has 0 heterocycles. The number of benzene rings is 2. The number of hydrogen-bond donors (Lipinski definition) is 1. The van der Waals surface area contributed by atoms with Crippen molar-refractivity contribution in [1.29, 1.82) is 0 Å². The summed E-state index contributed by atoms with van der Waals surface area (Å²) in [6.07, 6.45) is 0.784. The van der Waals surface area contributed by atoms with Crippen LogP contribution in [-0.4, -0.2) is 27.2 Å². The molecular formula is C20H22FNO4. The van der Waals surface area contributed by atoms with Crippen LogP contribution in [-0.2, 0) is 11.3 Å². The molecule has 0 aliphatic heterocycles. The Hall–Kier alpha value is -2.76. The SMILES string of the molecule is COc1cc(CNC(=O)C2CC2c2ccc(F)cc2)cc(OC)c1OC. The number of amides is 1. The number of ether oxygens (including phenoxy) is 3. The number of methoxy groups -OCH3 is 3. The Morgan fingerprint density at radius 1 is 1.08 bits per heavy atom. The fraction of sp³-hybridized carbons (Fsp3) is 0.350. The third kappa shape index (κ3) is 3.74. The molecule has 1 fully saturated rings. The van der Waals surface area contributed by atoms with Crippen molar-refractivity contribution < 1.29 is 23.4 Å². The van der Waals surface area contributed by atoms with E-state index in [4.69, 9.17) is 14.2 Å². The average Bonchev–Trinajstić information content (AvgIpc) is 3.46. The Balaban J connectivity index is 1.62. The lowest BCUT2D eigenvalue weighted by Crippen LogP contribution is -2.25. The van der Waals surface area contributed by atoms with Gasteiger partial charge in [-0.15, -0.1) is 0 Å². The lowest BCUT2D eigenvalue weighted by atomic mass is 10.1. The number of carbonyl (C=O) groups excluding carboxylic acids is 1. The molecule has 2 unspecified atom stereocenters. The van der Waals surface area contributed by atoms with Gasteiger partial charge >= 0.3 is 0 Å². The minimum Gasteiger partial charge on any atom is -0.493 e. The summed E-state index contributed by atoms with van der Waals surface area (Å²) in [5, 5.41) is 2.95. The molecule has 1 amide bonds. The van der Waals surface area contributed by atoms with Crippen LogP contribution in [0.2, 0.25) is 0 Å². The van der Waals surface area contributed by atoms with E-state index in [1.165, 1.54) is 12.1 Å². The van der Waals surface area contributed by atoms with Crippen LogP contribution >= 0.6 is 0 Å². The number of halogens is 1. The van der Waals surface area contributed by atoms with Crippen LogP contribution in [0.15, 0.2) is 36.4 Å². The summed E-state index contributed by atoms with van der Waals surface area (Å²) in [7, 11) is 4.65. The van der Waals surface area contributed by atoms with E-state index in [9.17, 15) is 9.18 Å². The molecule has 3 rings (SSSR count). The molecule has 0 saturated heterocycles. The third-order valence-corrected chi connectivity index (χ3v) is 4.62. The monoisotopic (exact) mass is 359 g/mol. The van der Waals surface area contributed by atoms with Gasteiger partial charge in [-0.3, -0.25) is 4.79 Å². The molecule has 1 aliphatic carbocycles. The van der Waals surface area contributed by atoms with E-state index in [-0.39, 0.29) is 23.6 Å². The molecular weight excluding hydrogens is 337 g/mol. The van der Waals surface area contributed by atoms with E-state index in [1.54, 1.807) is 33.5 Å². The molecule has 1 aliphatic rings. The predicted octanol–water partition coefficient (Wildman–Crippen LogP) is 3.27. The van der Waals surface area contributed by atoms with E-state index in [1.807, 2.05) is 12.1 Å². The van der Waals surface area contributed by atoms with Crippen molar-refractivity contribution in [2.75, 3.05) is 21.3 Å². The van der Waals surface area contributed by atoms with Gasteiger partial charge in [-0.2, -0.15) is 0 Å². The first-order valence-corrected chi connectivity index (χ1v) is 8.39. The Morgan fingerprint density at radius 3 is 2.23 bits per heavy atom. The van der Waals surface area contributed by atoms with Gasteiger partial charge in [0.2, 0.25) is 11.7 Å². The molecule has 138 valence electrons. The first-order chi connectivity index (χ1) is 12.6. The van der Waals surface area contributed by atoms with Gasteiger partial charge in [0, 0.05) is 12.5 Å². The highest BCUT2D eigenvalue weighted by atomic mass is 19.1. The highest BCUT2D eigenvalue weighted by Crippen LogP contribution is 2.47. The van der Waals surface area contributed by atoms with Gasteiger partial charge in [0.1, 0.15) is 5.82 Å². The maximum absolute atomic E-state index is 13.0. The Labute approximate surface area is 152 Å². The second-order valence-electron chi connectivity index (χ2n) is 6.25. The Kier molecular flexibility index (Phi) is 5.30. The predicted molar refractivity (Wildman–Crippen MR) is 95.2 cm³/mol. The zero-order valence-corrected chi connectivity index (χ0v) is 15.0. The van der Waals surface area contributed by atoms with E-state index in [0.29, 0.717) is 23.8 Å². The van der Waals surface area contributed by atoms with E-state index in [0.717, 1.165) is 17.5 Å². The summed E-state index contributed by atoms with van der Waals surface area (Å²) >= 11 is 0. The second kappa shape index (κ2) is 7.64. The zero-order valence-electron chi connectivity index (χ0n) is 15.0. The van der Waals surface area contributed by atoms with Gasteiger partial charge < -0.3 is 19.5 Å². The molecule has 0 aromatic heterocycles. The lowest BCUT2D eigenvalue weighted by molar-refractivity contribution is -0.122. The molecule has 26 heavy (non-hydrogen) atoms. The van der Waals surface area contributed by atoms with Gasteiger partial charge in [-0.1, -0.05) is 12.1 Å². The van der Waals surface area contributed by atoms with Gasteiger partial charge in [0.05, 0.1) is 21.3 Å². The average molecular weight is 359 g/mol. The molecule has 0 bridgehead atoms.